The topological polar surface area (TPSA) is 81.1 Å². The fourth-order valence-electron chi connectivity index (χ4n) is 2.32. The molecule has 134 valence electrons. The van der Waals surface area contributed by atoms with Crippen LogP contribution in [0.1, 0.15) is 10.5 Å². The van der Waals surface area contributed by atoms with Gasteiger partial charge in [-0.05, 0) is 36.4 Å². The number of carbonyl (C=O) groups excluding carboxylic acids is 1. The number of halogens is 2. The highest BCUT2D eigenvalue weighted by Crippen LogP contribution is 2.21. The molecular weight excluding hydrogens is 381 g/mol. The molecule has 2 aromatic carbocycles. The highest BCUT2D eigenvalue weighted by molar-refractivity contribution is 7.90. The number of hydrogen-bond acceptors (Lipinski definition) is 4. The second kappa shape index (κ2) is 6.89. The van der Waals surface area contributed by atoms with Crippen LogP contribution >= 0.6 is 11.6 Å². The van der Waals surface area contributed by atoms with E-state index < -0.39 is 21.7 Å². The van der Waals surface area contributed by atoms with Crippen LogP contribution in [0.25, 0.3) is 11.4 Å². The number of carbonyl (C=O) groups is 1. The van der Waals surface area contributed by atoms with Crippen LogP contribution in [0.15, 0.2) is 59.6 Å². The molecule has 0 atom stereocenters. The zero-order valence-electron chi connectivity index (χ0n) is 13.5. The molecule has 0 unspecified atom stereocenters. The third-order valence-electron chi connectivity index (χ3n) is 3.57. The predicted molar refractivity (Wildman–Crippen MR) is 94.7 cm³/mol. The van der Waals surface area contributed by atoms with Crippen molar-refractivity contribution in [2.75, 3.05) is 0 Å². The van der Waals surface area contributed by atoms with Gasteiger partial charge in [0.05, 0.1) is 10.5 Å². The molecule has 0 spiro atoms. The molecule has 26 heavy (non-hydrogen) atoms. The molecule has 1 amide bonds. The maximum absolute atomic E-state index is 13.9. The summed E-state index contributed by atoms with van der Waals surface area (Å²) in [6, 6.07) is 11.3. The van der Waals surface area contributed by atoms with Crippen LogP contribution in [0.5, 0.6) is 0 Å². The van der Waals surface area contributed by atoms with Crippen LogP contribution in [-0.2, 0) is 17.1 Å². The summed E-state index contributed by atoms with van der Waals surface area (Å²) in [4.78, 5) is 16.2. The number of nitrogens with zero attached hydrogens (tertiary/aromatic N) is 2. The molecule has 0 aliphatic heterocycles. The molecule has 1 aromatic heterocycles. The third kappa shape index (κ3) is 3.61. The Kier molecular flexibility index (Phi) is 4.80. The van der Waals surface area contributed by atoms with Gasteiger partial charge in [0.25, 0.3) is 15.9 Å². The molecule has 9 heteroatoms. The molecule has 0 radical (unpaired) electrons. The van der Waals surface area contributed by atoms with Gasteiger partial charge < -0.3 is 4.57 Å². The number of aryl methyl sites for hydroxylation is 1. The van der Waals surface area contributed by atoms with Gasteiger partial charge in [0.2, 0.25) is 0 Å². The van der Waals surface area contributed by atoms with Crippen molar-refractivity contribution in [1.82, 2.24) is 14.3 Å². The van der Waals surface area contributed by atoms with Crippen molar-refractivity contribution >= 4 is 27.5 Å². The number of benzene rings is 2. The lowest BCUT2D eigenvalue weighted by molar-refractivity contribution is 0.0977. The largest absolute Gasteiger partial charge is 0.333 e. The second-order valence-corrected chi connectivity index (χ2v) is 7.55. The monoisotopic (exact) mass is 393 g/mol. The first-order valence-corrected chi connectivity index (χ1v) is 9.25. The van der Waals surface area contributed by atoms with E-state index in [2.05, 4.69) is 4.98 Å². The number of hydrogen-bond donors (Lipinski definition) is 1. The van der Waals surface area contributed by atoms with E-state index in [0.29, 0.717) is 5.02 Å². The van der Waals surface area contributed by atoms with E-state index in [1.807, 2.05) is 4.72 Å². The first-order chi connectivity index (χ1) is 12.3. The van der Waals surface area contributed by atoms with Gasteiger partial charge in [-0.25, -0.2) is 22.5 Å². The minimum absolute atomic E-state index is 0.111. The Hall–Kier alpha value is -2.71. The van der Waals surface area contributed by atoms with E-state index >= 15 is 0 Å². The Morgan fingerprint density at radius 3 is 2.46 bits per heavy atom. The number of sulfonamides is 1. The summed E-state index contributed by atoms with van der Waals surface area (Å²) >= 11 is 5.73. The summed E-state index contributed by atoms with van der Waals surface area (Å²) < 4.78 is 41.9. The Balaban J connectivity index is 1.88. The van der Waals surface area contributed by atoms with E-state index in [1.165, 1.54) is 53.2 Å². The highest BCUT2D eigenvalue weighted by Gasteiger charge is 2.22. The Morgan fingerprint density at radius 2 is 1.81 bits per heavy atom. The predicted octanol–water partition coefficient (Wildman–Crippen LogP) is 3.00. The van der Waals surface area contributed by atoms with Crippen molar-refractivity contribution in [3.63, 3.8) is 0 Å². The van der Waals surface area contributed by atoms with E-state index in [9.17, 15) is 17.6 Å². The fraction of sp³-hybridized carbons (Fsp3) is 0.0588. The highest BCUT2D eigenvalue weighted by atomic mass is 35.5. The van der Waals surface area contributed by atoms with Gasteiger partial charge in [-0.15, -0.1) is 0 Å². The van der Waals surface area contributed by atoms with Gasteiger partial charge in [0.1, 0.15) is 17.3 Å². The molecule has 0 aliphatic carbocycles. The first kappa shape index (κ1) is 18.1. The lowest BCUT2D eigenvalue weighted by atomic mass is 10.2. The van der Waals surface area contributed by atoms with Crippen LogP contribution in [0.2, 0.25) is 5.02 Å². The average molecular weight is 394 g/mol. The molecule has 3 aromatic rings. The lowest BCUT2D eigenvalue weighted by Crippen LogP contribution is -2.30. The Morgan fingerprint density at radius 1 is 1.15 bits per heavy atom. The Labute approximate surface area is 154 Å². The van der Waals surface area contributed by atoms with Crippen molar-refractivity contribution in [2.45, 2.75) is 4.90 Å². The number of nitrogens with one attached hydrogen (secondary N) is 1. The van der Waals surface area contributed by atoms with Gasteiger partial charge in [0, 0.05) is 18.3 Å². The van der Waals surface area contributed by atoms with Gasteiger partial charge in [-0.2, -0.15) is 0 Å². The fourth-order valence-corrected chi connectivity index (χ4v) is 3.40. The van der Waals surface area contributed by atoms with Crippen LogP contribution < -0.4 is 4.72 Å². The van der Waals surface area contributed by atoms with Gasteiger partial charge in [-0.3, -0.25) is 4.79 Å². The standard InChI is InChI=1S/C17H13ClFN3O3S/c1-22-10-15(20-16(22)13-4-2-3-5-14(13)19)17(23)21-26(24,25)12-8-6-11(18)7-9-12/h2-10H,1H3,(H,21,23). The molecule has 1 N–H and O–H groups in total. The van der Waals surface area contributed by atoms with Gasteiger partial charge in [-0.1, -0.05) is 23.7 Å². The van der Waals surface area contributed by atoms with E-state index in [0.717, 1.165) is 0 Å². The minimum atomic E-state index is -4.08. The van der Waals surface area contributed by atoms with Crippen LogP contribution in [0.4, 0.5) is 4.39 Å². The summed E-state index contributed by atoms with van der Waals surface area (Å²) in [7, 11) is -2.50. The summed E-state index contributed by atoms with van der Waals surface area (Å²) in [5.41, 5.74) is 0.0536. The van der Waals surface area contributed by atoms with E-state index in [1.54, 1.807) is 13.1 Å². The molecule has 0 bridgehead atoms. The molecule has 3 rings (SSSR count). The zero-order valence-corrected chi connectivity index (χ0v) is 15.1. The summed E-state index contributed by atoms with van der Waals surface area (Å²) in [6.07, 6.45) is 1.33. The summed E-state index contributed by atoms with van der Waals surface area (Å²) in [5, 5.41) is 0.370. The minimum Gasteiger partial charge on any atom is -0.333 e. The smallest absolute Gasteiger partial charge is 0.285 e. The number of aromatic nitrogens is 2. The van der Waals surface area contributed by atoms with Crippen molar-refractivity contribution in [3.05, 3.63) is 71.3 Å². The summed E-state index contributed by atoms with van der Waals surface area (Å²) in [5.74, 6) is -1.21. The molecule has 0 fully saturated rings. The van der Waals surface area contributed by atoms with Crippen molar-refractivity contribution in [2.24, 2.45) is 7.05 Å². The molecule has 6 nitrogen and oxygen atoms in total. The quantitative estimate of drug-likeness (QED) is 0.738. The van der Waals surface area contributed by atoms with E-state index in [4.69, 9.17) is 11.6 Å². The molecule has 0 saturated heterocycles. The van der Waals surface area contributed by atoms with E-state index in [-0.39, 0.29) is 22.0 Å². The number of amides is 1. The lowest BCUT2D eigenvalue weighted by Gasteiger charge is -2.05. The second-order valence-electron chi connectivity index (χ2n) is 5.43. The normalized spacial score (nSPS) is 11.3. The number of imidazole rings is 1. The van der Waals surface area contributed by atoms with Gasteiger partial charge >= 0.3 is 0 Å². The van der Waals surface area contributed by atoms with Crippen molar-refractivity contribution < 1.29 is 17.6 Å². The van der Waals surface area contributed by atoms with Gasteiger partial charge in [0.15, 0.2) is 0 Å². The SMILES string of the molecule is Cn1cc(C(=O)NS(=O)(=O)c2ccc(Cl)cc2)nc1-c1ccccc1F. The van der Waals surface area contributed by atoms with Crippen molar-refractivity contribution in [3.8, 4) is 11.4 Å². The zero-order chi connectivity index (χ0) is 18.9. The maximum atomic E-state index is 13.9. The van der Waals surface area contributed by atoms with Crippen LogP contribution in [-0.4, -0.2) is 23.9 Å². The molecular formula is C17H13ClFN3O3S. The summed E-state index contributed by atoms with van der Waals surface area (Å²) in [6.45, 7) is 0. The maximum Gasteiger partial charge on any atom is 0.285 e. The number of rotatable bonds is 4. The average Bonchev–Trinajstić information content (AvgIpc) is 2.97. The molecule has 1 heterocycles. The van der Waals surface area contributed by atoms with Crippen LogP contribution in [0, 0.1) is 5.82 Å². The molecule has 0 saturated carbocycles. The molecule has 0 aliphatic rings. The third-order valence-corrected chi connectivity index (χ3v) is 5.17. The van der Waals surface area contributed by atoms with Crippen LogP contribution in [0.3, 0.4) is 0 Å². The Bertz CT molecular complexity index is 1080. The van der Waals surface area contributed by atoms with Crippen molar-refractivity contribution in [1.29, 1.82) is 0 Å². The first-order valence-electron chi connectivity index (χ1n) is 7.39.